The Morgan fingerprint density at radius 2 is 2.00 bits per heavy atom. The minimum Gasteiger partial charge on any atom is -0.466 e. The van der Waals surface area contributed by atoms with Crippen molar-refractivity contribution in [3.05, 3.63) is 35.8 Å². The lowest BCUT2D eigenvalue weighted by Gasteiger charge is -2.30. The molecular formula is C17H21N3O3. The highest BCUT2D eigenvalue weighted by Crippen LogP contribution is 2.20. The number of nitrogens with zero attached hydrogens (tertiary/aromatic N) is 3. The smallest absolute Gasteiger partial charge is 0.309 e. The normalized spacial score (nSPS) is 15.8. The van der Waals surface area contributed by atoms with E-state index in [9.17, 15) is 9.59 Å². The summed E-state index contributed by atoms with van der Waals surface area (Å²) in [6.07, 6.45) is 5.02. The van der Waals surface area contributed by atoms with E-state index >= 15 is 0 Å². The van der Waals surface area contributed by atoms with E-state index in [1.807, 2.05) is 36.6 Å². The van der Waals surface area contributed by atoms with Crippen LogP contribution in [0.1, 0.15) is 35.8 Å². The van der Waals surface area contributed by atoms with E-state index in [-0.39, 0.29) is 17.8 Å². The number of pyridine rings is 1. The Hall–Kier alpha value is -2.37. The average Bonchev–Trinajstić information content (AvgIpc) is 2.97. The van der Waals surface area contributed by atoms with Gasteiger partial charge < -0.3 is 14.0 Å². The van der Waals surface area contributed by atoms with Gasteiger partial charge in [-0.1, -0.05) is 6.07 Å². The van der Waals surface area contributed by atoms with E-state index < -0.39 is 0 Å². The van der Waals surface area contributed by atoms with Crippen molar-refractivity contribution in [2.24, 2.45) is 5.92 Å². The lowest BCUT2D eigenvalue weighted by Crippen LogP contribution is -2.40. The monoisotopic (exact) mass is 315 g/mol. The third kappa shape index (κ3) is 3.21. The number of fused-ring (bicyclic) bond motifs is 1. The van der Waals surface area contributed by atoms with E-state index in [4.69, 9.17) is 4.74 Å². The van der Waals surface area contributed by atoms with Gasteiger partial charge in [-0.3, -0.25) is 9.59 Å². The van der Waals surface area contributed by atoms with Gasteiger partial charge in [0.1, 0.15) is 11.3 Å². The molecule has 0 bridgehead atoms. The van der Waals surface area contributed by atoms with Crippen LogP contribution in [0, 0.1) is 12.8 Å². The fraction of sp³-hybridized carbons (Fsp3) is 0.471. The van der Waals surface area contributed by atoms with Crippen LogP contribution in [0.15, 0.2) is 24.5 Å². The third-order valence-electron chi connectivity index (χ3n) is 4.22. The number of piperidine rings is 1. The van der Waals surface area contributed by atoms with Crippen LogP contribution in [0.25, 0.3) is 5.65 Å². The van der Waals surface area contributed by atoms with Crippen LogP contribution in [0.3, 0.4) is 0 Å². The van der Waals surface area contributed by atoms with Crippen LogP contribution in [-0.4, -0.2) is 45.9 Å². The van der Waals surface area contributed by atoms with Crippen LogP contribution >= 0.6 is 0 Å². The molecule has 0 saturated carbocycles. The van der Waals surface area contributed by atoms with Crippen LogP contribution in [0.2, 0.25) is 0 Å². The van der Waals surface area contributed by atoms with E-state index in [1.165, 1.54) is 0 Å². The summed E-state index contributed by atoms with van der Waals surface area (Å²) >= 11 is 0. The van der Waals surface area contributed by atoms with Crippen molar-refractivity contribution < 1.29 is 14.3 Å². The molecule has 1 aliphatic rings. The summed E-state index contributed by atoms with van der Waals surface area (Å²) in [6.45, 7) is 5.34. The quantitative estimate of drug-likeness (QED) is 0.813. The number of carbonyl (C=O) groups is 2. The lowest BCUT2D eigenvalue weighted by atomic mass is 9.97. The maximum Gasteiger partial charge on any atom is 0.309 e. The minimum absolute atomic E-state index is 0.0753. The molecule has 1 amide bonds. The number of aryl methyl sites for hydroxylation is 1. The molecule has 3 rings (SSSR count). The molecule has 0 atom stereocenters. The molecule has 2 aromatic heterocycles. The molecule has 0 aliphatic carbocycles. The van der Waals surface area contributed by atoms with Crippen molar-refractivity contribution in [3.8, 4) is 0 Å². The zero-order valence-corrected chi connectivity index (χ0v) is 13.5. The summed E-state index contributed by atoms with van der Waals surface area (Å²) in [5, 5.41) is 0. The summed E-state index contributed by atoms with van der Waals surface area (Å²) < 4.78 is 6.92. The molecule has 0 aromatic carbocycles. The third-order valence-corrected chi connectivity index (χ3v) is 4.22. The van der Waals surface area contributed by atoms with Crippen molar-refractivity contribution in [2.45, 2.75) is 26.7 Å². The summed E-state index contributed by atoms with van der Waals surface area (Å²) in [5.41, 5.74) is 2.33. The number of likely N-dealkylation sites (tertiary alicyclic amines) is 1. The zero-order valence-electron chi connectivity index (χ0n) is 13.5. The van der Waals surface area contributed by atoms with Crippen LogP contribution in [0.5, 0.6) is 0 Å². The second kappa shape index (κ2) is 6.40. The largest absolute Gasteiger partial charge is 0.466 e. The minimum atomic E-state index is -0.150. The highest BCUT2D eigenvalue weighted by Gasteiger charge is 2.29. The van der Waals surface area contributed by atoms with Gasteiger partial charge in [0.25, 0.3) is 5.91 Å². The molecule has 0 N–H and O–H groups in total. The maximum absolute atomic E-state index is 12.6. The van der Waals surface area contributed by atoms with E-state index in [0.717, 1.165) is 11.2 Å². The fourth-order valence-electron chi connectivity index (χ4n) is 2.95. The fourth-order valence-corrected chi connectivity index (χ4v) is 2.95. The molecule has 1 fully saturated rings. The molecule has 23 heavy (non-hydrogen) atoms. The average molecular weight is 315 g/mol. The van der Waals surface area contributed by atoms with Gasteiger partial charge >= 0.3 is 5.97 Å². The molecule has 2 aromatic rings. The van der Waals surface area contributed by atoms with E-state index in [0.29, 0.717) is 38.2 Å². The Balaban J connectivity index is 1.67. The van der Waals surface area contributed by atoms with Crippen LogP contribution < -0.4 is 0 Å². The molecule has 1 saturated heterocycles. The Labute approximate surface area is 135 Å². The van der Waals surface area contributed by atoms with Gasteiger partial charge in [-0.15, -0.1) is 0 Å². The molecule has 6 nitrogen and oxygen atoms in total. The maximum atomic E-state index is 12.6. The van der Waals surface area contributed by atoms with Gasteiger partial charge in [0, 0.05) is 25.5 Å². The molecule has 1 aliphatic heterocycles. The number of ether oxygens (including phenoxy) is 1. The molecule has 6 heteroatoms. The van der Waals surface area contributed by atoms with E-state index in [1.54, 1.807) is 11.1 Å². The Morgan fingerprint density at radius 3 is 2.70 bits per heavy atom. The van der Waals surface area contributed by atoms with Gasteiger partial charge in [0.2, 0.25) is 0 Å². The first-order valence-electron chi connectivity index (χ1n) is 7.99. The number of hydrogen-bond acceptors (Lipinski definition) is 4. The second-order valence-corrected chi connectivity index (χ2v) is 5.92. The predicted octanol–water partition coefficient (Wildman–Crippen LogP) is 2.06. The van der Waals surface area contributed by atoms with Crippen LogP contribution in [0.4, 0.5) is 0 Å². The van der Waals surface area contributed by atoms with Crippen molar-refractivity contribution in [2.75, 3.05) is 19.7 Å². The van der Waals surface area contributed by atoms with Crippen LogP contribution in [-0.2, 0) is 9.53 Å². The summed E-state index contributed by atoms with van der Waals surface area (Å²) in [7, 11) is 0. The summed E-state index contributed by atoms with van der Waals surface area (Å²) in [5.74, 6) is -0.320. The van der Waals surface area contributed by atoms with Crippen molar-refractivity contribution in [3.63, 3.8) is 0 Å². The van der Waals surface area contributed by atoms with Gasteiger partial charge in [-0.2, -0.15) is 0 Å². The molecule has 0 spiro atoms. The first kappa shape index (κ1) is 15.5. The number of rotatable bonds is 3. The lowest BCUT2D eigenvalue weighted by molar-refractivity contribution is -0.149. The molecule has 122 valence electrons. The Morgan fingerprint density at radius 1 is 1.26 bits per heavy atom. The SMILES string of the molecule is CCOC(=O)C1CCN(C(=O)c2cn3cc(C)ccc3n2)CC1. The summed E-state index contributed by atoms with van der Waals surface area (Å²) in [6, 6.07) is 3.88. The standard InChI is InChI=1S/C17H21N3O3/c1-3-23-17(22)13-6-8-19(9-7-13)16(21)14-11-20-10-12(2)4-5-15(20)18-14/h4-5,10-11,13H,3,6-9H2,1-2H3. The van der Waals surface area contributed by atoms with Gasteiger partial charge in [0.15, 0.2) is 0 Å². The topological polar surface area (TPSA) is 63.9 Å². The Kier molecular flexibility index (Phi) is 4.32. The van der Waals surface area contributed by atoms with Crippen molar-refractivity contribution in [1.29, 1.82) is 0 Å². The number of amides is 1. The van der Waals surface area contributed by atoms with Gasteiger partial charge in [0.05, 0.1) is 12.5 Å². The number of imidazole rings is 1. The first-order chi connectivity index (χ1) is 11.1. The van der Waals surface area contributed by atoms with Gasteiger partial charge in [-0.25, -0.2) is 4.98 Å². The number of aromatic nitrogens is 2. The highest BCUT2D eigenvalue weighted by molar-refractivity contribution is 5.93. The zero-order chi connectivity index (χ0) is 16.4. The molecule has 0 unspecified atom stereocenters. The number of hydrogen-bond donors (Lipinski definition) is 0. The Bertz CT molecular complexity index is 730. The predicted molar refractivity (Wildman–Crippen MR) is 85.2 cm³/mol. The van der Waals surface area contributed by atoms with E-state index in [2.05, 4.69) is 4.98 Å². The number of carbonyl (C=O) groups excluding carboxylic acids is 2. The summed E-state index contributed by atoms with van der Waals surface area (Å²) in [4.78, 5) is 30.5. The number of esters is 1. The molecule has 0 radical (unpaired) electrons. The second-order valence-electron chi connectivity index (χ2n) is 5.92. The first-order valence-corrected chi connectivity index (χ1v) is 7.99. The van der Waals surface area contributed by atoms with Gasteiger partial charge in [-0.05, 0) is 38.3 Å². The van der Waals surface area contributed by atoms with Crippen molar-refractivity contribution >= 4 is 17.5 Å². The highest BCUT2D eigenvalue weighted by atomic mass is 16.5. The van der Waals surface area contributed by atoms with Crippen molar-refractivity contribution in [1.82, 2.24) is 14.3 Å². The molecule has 3 heterocycles. The molecular weight excluding hydrogens is 294 g/mol.